The van der Waals surface area contributed by atoms with Crippen LogP contribution in [-0.2, 0) is 9.59 Å². The lowest BCUT2D eigenvalue weighted by Gasteiger charge is -2.37. The zero-order valence-electron chi connectivity index (χ0n) is 21.0. The third kappa shape index (κ3) is 5.27. The first-order chi connectivity index (χ1) is 18.8. The monoisotopic (exact) mass is 598 g/mol. The number of benzene rings is 1. The highest BCUT2D eigenvalue weighted by Gasteiger charge is 2.42. The minimum atomic E-state index is -0.481. The van der Waals surface area contributed by atoms with Crippen LogP contribution in [0.15, 0.2) is 56.6 Å². The highest BCUT2D eigenvalue weighted by Crippen LogP contribution is 2.48. The Balaban J connectivity index is 1.38. The predicted octanol–water partition coefficient (Wildman–Crippen LogP) is 5.61. The van der Waals surface area contributed by atoms with E-state index in [0.29, 0.717) is 56.3 Å². The molecule has 13 heteroatoms. The maximum Gasteiger partial charge on any atom is 0.234 e. The smallest absolute Gasteiger partial charge is 0.234 e. The molecule has 1 aliphatic heterocycles. The molecule has 1 amide bonds. The molecule has 3 heterocycles. The zero-order valence-corrected chi connectivity index (χ0v) is 24.2. The number of nitrogens with zero attached hydrogens (tertiary/aromatic N) is 4. The Kier molecular flexibility index (Phi) is 7.95. The van der Waals surface area contributed by atoms with Gasteiger partial charge in [0.15, 0.2) is 10.1 Å². The Hall–Kier alpha value is -3.37. The van der Waals surface area contributed by atoms with E-state index in [-0.39, 0.29) is 23.3 Å². The Morgan fingerprint density at radius 1 is 1.36 bits per heavy atom. The first kappa shape index (κ1) is 27.2. The van der Waals surface area contributed by atoms with Crippen molar-refractivity contribution in [3.63, 3.8) is 0 Å². The molecular formula is C26H23ClN6O3S3. The van der Waals surface area contributed by atoms with Gasteiger partial charge in [0, 0.05) is 28.3 Å². The normalized spacial score (nSPS) is 17.2. The fraction of sp³-hybridized carbons (Fsp3) is 0.269. The van der Waals surface area contributed by atoms with E-state index in [0.717, 1.165) is 16.1 Å². The minimum absolute atomic E-state index is 0.0220. The van der Waals surface area contributed by atoms with Crippen LogP contribution in [0.1, 0.15) is 35.6 Å². The number of carbonyl (C=O) groups is 2. The van der Waals surface area contributed by atoms with Gasteiger partial charge in [-0.05, 0) is 55.0 Å². The zero-order chi connectivity index (χ0) is 27.7. The van der Waals surface area contributed by atoms with Crippen molar-refractivity contribution < 1.29 is 14.3 Å². The molecule has 39 heavy (non-hydrogen) atoms. The number of allylic oxidation sites excluding steroid dienone is 3. The average molecular weight is 599 g/mol. The number of nitrogens with one attached hydrogen (secondary N) is 1. The second-order valence-corrected chi connectivity index (χ2v) is 12.4. The molecule has 3 N–H and O–H groups in total. The Morgan fingerprint density at radius 2 is 2.18 bits per heavy atom. The van der Waals surface area contributed by atoms with Crippen molar-refractivity contribution in [2.45, 2.75) is 36.4 Å². The van der Waals surface area contributed by atoms with E-state index < -0.39 is 5.92 Å². The molecule has 0 bridgehead atoms. The van der Waals surface area contributed by atoms with Crippen molar-refractivity contribution in [2.24, 2.45) is 5.73 Å². The van der Waals surface area contributed by atoms with Gasteiger partial charge in [0.05, 0.1) is 35.4 Å². The number of aromatic nitrogens is 2. The highest BCUT2D eigenvalue weighted by molar-refractivity contribution is 8.01. The third-order valence-electron chi connectivity index (χ3n) is 6.43. The lowest BCUT2D eigenvalue weighted by atomic mass is 9.78. The number of hydrogen-bond acceptors (Lipinski definition) is 11. The summed E-state index contributed by atoms with van der Waals surface area (Å²) in [5.41, 5.74) is 9.89. The van der Waals surface area contributed by atoms with E-state index >= 15 is 0 Å². The minimum Gasteiger partial charge on any atom is -0.495 e. The van der Waals surface area contributed by atoms with Crippen molar-refractivity contribution in [1.82, 2.24) is 10.2 Å². The van der Waals surface area contributed by atoms with Crippen molar-refractivity contribution in [3.05, 3.63) is 67.8 Å². The first-order valence-electron chi connectivity index (χ1n) is 11.9. The van der Waals surface area contributed by atoms with Gasteiger partial charge in [-0.25, -0.2) is 0 Å². The summed E-state index contributed by atoms with van der Waals surface area (Å²) in [4.78, 5) is 28.4. The number of carbonyl (C=O) groups excluding carboxylic acids is 2. The first-order valence-corrected chi connectivity index (χ1v) is 15.0. The number of Topliss-reactive ketones (excluding diaryl/α,β-unsaturated/α-hetero) is 1. The van der Waals surface area contributed by atoms with Gasteiger partial charge in [-0.15, -0.1) is 21.5 Å². The van der Waals surface area contributed by atoms with E-state index in [1.165, 1.54) is 41.5 Å². The molecule has 1 atom stereocenters. The number of methoxy groups -OCH3 is 1. The van der Waals surface area contributed by atoms with Gasteiger partial charge >= 0.3 is 0 Å². The van der Waals surface area contributed by atoms with Gasteiger partial charge in [0.1, 0.15) is 11.6 Å². The maximum atomic E-state index is 13.2. The summed E-state index contributed by atoms with van der Waals surface area (Å²) < 4.78 is 5.69. The molecule has 0 spiro atoms. The molecule has 0 fully saturated rings. The number of nitrogens with two attached hydrogens (primary N) is 1. The van der Waals surface area contributed by atoms with Crippen LogP contribution in [-0.4, -0.2) is 34.8 Å². The molecule has 2 aromatic heterocycles. The number of thiophene rings is 1. The second kappa shape index (κ2) is 11.4. The number of anilines is 2. The van der Waals surface area contributed by atoms with E-state index in [9.17, 15) is 14.9 Å². The van der Waals surface area contributed by atoms with E-state index in [4.69, 9.17) is 22.1 Å². The number of nitriles is 1. The van der Waals surface area contributed by atoms with Gasteiger partial charge in [-0.2, -0.15) is 5.26 Å². The number of halogens is 1. The lowest BCUT2D eigenvalue weighted by Crippen LogP contribution is -2.38. The molecule has 0 saturated heterocycles. The summed E-state index contributed by atoms with van der Waals surface area (Å²) in [6.07, 6.45) is 1.75. The predicted molar refractivity (Wildman–Crippen MR) is 154 cm³/mol. The number of rotatable bonds is 7. The van der Waals surface area contributed by atoms with Crippen LogP contribution >= 0.6 is 46.0 Å². The summed E-state index contributed by atoms with van der Waals surface area (Å²) in [6, 6.07) is 9.25. The largest absolute Gasteiger partial charge is 0.495 e. The number of hydrogen-bond donors (Lipinski definition) is 2. The Bertz CT molecular complexity index is 1570. The average Bonchev–Trinajstić information content (AvgIpc) is 3.56. The lowest BCUT2D eigenvalue weighted by molar-refractivity contribution is -0.116. The van der Waals surface area contributed by atoms with Crippen LogP contribution in [0.4, 0.5) is 10.8 Å². The van der Waals surface area contributed by atoms with Crippen LogP contribution in [0.25, 0.3) is 0 Å². The Morgan fingerprint density at radius 3 is 2.87 bits per heavy atom. The van der Waals surface area contributed by atoms with Gasteiger partial charge in [-0.1, -0.05) is 34.7 Å². The van der Waals surface area contributed by atoms with Crippen LogP contribution in [0.5, 0.6) is 5.75 Å². The SMILES string of the molecule is COc1ccc(NC(=O)CSc2nnc(N3C(N)=C(C#N)C(c4sccc4C)C4=C3CCCC4=O)s2)cc1Cl. The third-order valence-corrected chi connectivity index (χ3v) is 9.85. The number of aryl methyl sites for hydroxylation is 1. The maximum absolute atomic E-state index is 13.2. The topological polar surface area (TPSA) is 134 Å². The van der Waals surface area contributed by atoms with E-state index in [1.54, 1.807) is 23.1 Å². The van der Waals surface area contributed by atoms with Crippen LogP contribution in [0, 0.1) is 18.3 Å². The molecule has 1 aliphatic carbocycles. The molecule has 1 aromatic carbocycles. The summed E-state index contributed by atoms with van der Waals surface area (Å²) in [6.45, 7) is 1.98. The van der Waals surface area contributed by atoms with E-state index in [2.05, 4.69) is 21.6 Å². The Labute approximate surface area is 242 Å². The van der Waals surface area contributed by atoms with Crippen LogP contribution in [0.2, 0.25) is 5.02 Å². The van der Waals surface area contributed by atoms with E-state index in [1.807, 2.05) is 18.4 Å². The van der Waals surface area contributed by atoms with Crippen LogP contribution < -0.4 is 20.7 Å². The number of ether oxygens (including phenoxy) is 1. The summed E-state index contributed by atoms with van der Waals surface area (Å²) >= 11 is 10.1. The highest BCUT2D eigenvalue weighted by atomic mass is 35.5. The second-order valence-electron chi connectivity index (χ2n) is 8.82. The quantitative estimate of drug-likeness (QED) is 0.333. The molecule has 9 nitrogen and oxygen atoms in total. The van der Waals surface area contributed by atoms with Crippen molar-refractivity contribution in [1.29, 1.82) is 5.26 Å². The molecule has 2 aliphatic rings. The molecular weight excluding hydrogens is 576 g/mol. The molecule has 200 valence electrons. The van der Waals surface area contributed by atoms with Crippen molar-refractivity contribution in [3.8, 4) is 11.8 Å². The standard InChI is InChI=1S/C26H23ClN6O3S3/c1-13-8-9-37-23(13)21-15(11-28)24(29)33(17-4-3-5-18(34)22(17)21)25-31-32-26(39-25)38-12-20(35)30-14-6-7-19(36-2)16(27)10-14/h6-10,21H,3-5,12,29H2,1-2H3,(H,30,35). The van der Waals surface area contributed by atoms with Crippen LogP contribution in [0.3, 0.4) is 0 Å². The molecule has 5 rings (SSSR count). The molecule has 0 radical (unpaired) electrons. The number of amides is 1. The van der Waals surface area contributed by atoms with Crippen molar-refractivity contribution in [2.75, 3.05) is 23.1 Å². The van der Waals surface area contributed by atoms with Gasteiger partial charge < -0.3 is 15.8 Å². The van der Waals surface area contributed by atoms with Gasteiger partial charge in [0.25, 0.3) is 0 Å². The van der Waals surface area contributed by atoms with Crippen molar-refractivity contribution >= 4 is 68.5 Å². The van der Waals surface area contributed by atoms with Gasteiger partial charge in [-0.3, -0.25) is 14.5 Å². The van der Waals surface area contributed by atoms with Gasteiger partial charge in [0.2, 0.25) is 11.0 Å². The summed E-state index contributed by atoms with van der Waals surface area (Å²) in [5.74, 6) is 0.175. The fourth-order valence-corrected chi connectivity index (χ4v) is 7.65. The molecule has 1 unspecified atom stereocenters. The summed E-state index contributed by atoms with van der Waals surface area (Å²) in [5, 5.41) is 24.3. The molecule has 0 saturated carbocycles. The number of thioether (sulfide) groups is 1. The number of ketones is 1. The fourth-order valence-electron chi connectivity index (χ4n) is 4.67. The molecule has 3 aromatic rings. The summed E-state index contributed by atoms with van der Waals surface area (Å²) in [7, 11) is 1.52.